The summed E-state index contributed by atoms with van der Waals surface area (Å²) in [6.07, 6.45) is 4.35. The number of hydrogen-bond acceptors (Lipinski definition) is 2. The van der Waals surface area contributed by atoms with E-state index in [9.17, 15) is 4.39 Å². The first-order valence-electron chi connectivity index (χ1n) is 13.4. The molecule has 2 atom stereocenters. The first-order chi connectivity index (χ1) is 18.8. The van der Waals surface area contributed by atoms with Gasteiger partial charge in [-0.3, -0.25) is 0 Å². The molecular formula is C34H34FN3O+2. The second kappa shape index (κ2) is 9.49. The van der Waals surface area contributed by atoms with E-state index >= 15 is 0 Å². The highest BCUT2D eigenvalue weighted by molar-refractivity contribution is 5.75. The van der Waals surface area contributed by atoms with E-state index in [1.807, 2.05) is 20.0 Å². The van der Waals surface area contributed by atoms with Crippen molar-refractivity contribution >= 4 is 5.57 Å². The summed E-state index contributed by atoms with van der Waals surface area (Å²) in [6.45, 7) is 11.5. The van der Waals surface area contributed by atoms with Gasteiger partial charge in [0.25, 0.3) is 0 Å². The first-order valence-corrected chi connectivity index (χ1v) is 13.4. The summed E-state index contributed by atoms with van der Waals surface area (Å²) in [5.41, 5.74) is 7.49. The van der Waals surface area contributed by atoms with Crippen molar-refractivity contribution in [2.24, 2.45) is 5.41 Å². The van der Waals surface area contributed by atoms with Gasteiger partial charge in [-0.05, 0) is 54.5 Å². The van der Waals surface area contributed by atoms with Crippen molar-refractivity contribution < 1.29 is 18.3 Å². The molecule has 0 spiro atoms. The molecule has 2 aromatic heterocycles. The molecule has 2 aliphatic heterocycles. The fourth-order valence-electron chi connectivity index (χ4n) is 6.77. The molecule has 0 amide bonds. The average molecular weight is 520 g/mol. The van der Waals surface area contributed by atoms with Gasteiger partial charge in [0.2, 0.25) is 24.0 Å². The number of fused-ring (bicyclic) bond motifs is 7. The molecule has 0 saturated carbocycles. The van der Waals surface area contributed by atoms with Crippen LogP contribution in [-0.4, -0.2) is 7.05 Å². The highest BCUT2D eigenvalue weighted by Gasteiger charge is 2.55. The van der Waals surface area contributed by atoms with Crippen LogP contribution >= 0.6 is 0 Å². The summed E-state index contributed by atoms with van der Waals surface area (Å²) in [6, 6.07) is 26.5. The fourth-order valence-corrected chi connectivity index (χ4v) is 6.77. The quantitative estimate of drug-likeness (QED) is 0.245. The predicted molar refractivity (Wildman–Crippen MR) is 152 cm³/mol. The number of nitrogens with zero attached hydrogens (tertiary/aromatic N) is 2. The van der Waals surface area contributed by atoms with E-state index in [4.69, 9.17) is 4.74 Å². The Labute approximate surface area is 229 Å². The zero-order chi connectivity index (χ0) is 27.3. The topological polar surface area (TPSA) is 29.0 Å². The van der Waals surface area contributed by atoms with E-state index < -0.39 is 0 Å². The van der Waals surface area contributed by atoms with Crippen molar-refractivity contribution in [3.63, 3.8) is 0 Å². The number of nitrogens with one attached hydrogen (secondary N) is 1. The maximum absolute atomic E-state index is 14.2. The minimum Gasteiger partial charge on any atom is -0.446 e. The number of aromatic nitrogens is 2. The van der Waals surface area contributed by atoms with Gasteiger partial charge >= 0.3 is 0 Å². The van der Waals surface area contributed by atoms with Crippen LogP contribution in [-0.2, 0) is 11.3 Å². The number of benzene rings is 2. The largest absolute Gasteiger partial charge is 0.446 e. The molecular weight excluding hydrogens is 485 g/mol. The van der Waals surface area contributed by atoms with Gasteiger partial charge in [-0.1, -0.05) is 44.2 Å². The maximum Gasteiger partial charge on any atom is 0.224 e. The summed E-state index contributed by atoms with van der Waals surface area (Å²) in [7, 11) is 1.81. The van der Waals surface area contributed by atoms with Crippen LogP contribution in [0.3, 0.4) is 0 Å². The third kappa shape index (κ3) is 4.13. The standard InChI is InChI=1S/C34H34FN3O/c1-22(39-23(2)36-5)32-30-20-25(24-11-10-12-26(35)19-24)16-18-37(30)21-31-33(34(32,3)4)28-14-7-6-13-27(28)29-15-8-9-17-38(29)31/h6-20,31,33,36H,2,21H2,1,3-5H3/q+2/b32-22+. The van der Waals surface area contributed by atoms with Gasteiger partial charge in [0, 0.05) is 42.3 Å². The lowest BCUT2D eigenvalue weighted by molar-refractivity contribution is -0.796. The van der Waals surface area contributed by atoms with Gasteiger partial charge < -0.3 is 10.1 Å². The second-order valence-corrected chi connectivity index (χ2v) is 11.0. The lowest BCUT2D eigenvalue weighted by Crippen LogP contribution is -2.54. The third-order valence-electron chi connectivity index (χ3n) is 8.37. The van der Waals surface area contributed by atoms with Crippen LogP contribution in [0.15, 0.2) is 109 Å². The van der Waals surface area contributed by atoms with Crippen molar-refractivity contribution in [2.45, 2.75) is 39.3 Å². The lowest BCUT2D eigenvalue weighted by Gasteiger charge is -2.38. The Kier molecular flexibility index (Phi) is 6.10. The molecule has 2 aromatic carbocycles. The van der Waals surface area contributed by atoms with Crippen LogP contribution in [0.25, 0.3) is 28.0 Å². The van der Waals surface area contributed by atoms with Crippen LogP contribution in [0.4, 0.5) is 4.39 Å². The van der Waals surface area contributed by atoms with E-state index in [0.717, 1.165) is 34.7 Å². The molecule has 0 saturated heterocycles. The number of pyridine rings is 2. The molecule has 4 nitrogen and oxygen atoms in total. The molecule has 1 N–H and O–H groups in total. The normalized spacial score (nSPS) is 19.9. The van der Waals surface area contributed by atoms with Gasteiger partial charge in [-0.2, -0.15) is 9.13 Å². The van der Waals surface area contributed by atoms with Crippen molar-refractivity contribution in [2.75, 3.05) is 7.05 Å². The molecule has 0 aliphatic carbocycles. The number of rotatable bonds is 4. The zero-order valence-corrected chi connectivity index (χ0v) is 22.9. The van der Waals surface area contributed by atoms with Gasteiger partial charge in [0.15, 0.2) is 18.3 Å². The molecule has 0 fully saturated rings. The minimum absolute atomic E-state index is 0.169. The average Bonchev–Trinajstić information content (AvgIpc) is 3.03. The zero-order valence-electron chi connectivity index (χ0n) is 22.9. The number of allylic oxidation sites excluding steroid dienone is 2. The SMILES string of the molecule is C=C(NC)O/C(C)=C1\c2cc(-c3cccc(F)c3)cc[n+]2CC2C(c3ccccc3-c3cccc[n+]32)C1(C)C. The second-order valence-electron chi connectivity index (χ2n) is 11.0. The molecule has 0 bridgehead atoms. The Hall–Kier alpha value is -4.25. The smallest absolute Gasteiger partial charge is 0.224 e. The minimum atomic E-state index is -0.335. The molecule has 5 heteroatoms. The molecule has 4 heterocycles. The molecule has 39 heavy (non-hydrogen) atoms. The van der Waals surface area contributed by atoms with Crippen LogP contribution in [0.2, 0.25) is 0 Å². The Morgan fingerprint density at radius 1 is 0.949 bits per heavy atom. The van der Waals surface area contributed by atoms with Gasteiger partial charge in [-0.25, -0.2) is 4.39 Å². The summed E-state index contributed by atoms with van der Waals surface area (Å²) < 4.78 is 25.3. The van der Waals surface area contributed by atoms with E-state index in [0.29, 0.717) is 5.88 Å². The Bertz CT molecular complexity index is 1640. The molecule has 196 valence electrons. The van der Waals surface area contributed by atoms with E-state index in [1.54, 1.807) is 12.1 Å². The van der Waals surface area contributed by atoms with Gasteiger partial charge in [-0.15, -0.1) is 0 Å². The number of ether oxygens (including phenoxy) is 1. The first kappa shape index (κ1) is 25.1. The highest BCUT2D eigenvalue weighted by Crippen LogP contribution is 2.55. The molecule has 2 unspecified atom stereocenters. The van der Waals surface area contributed by atoms with Crippen molar-refractivity contribution in [1.82, 2.24) is 5.32 Å². The third-order valence-corrected chi connectivity index (χ3v) is 8.37. The monoisotopic (exact) mass is 519 g/mol. The summed E-state index contributed by atoms with van der Waals surface area (Å²) in [5, 5.41) is 3.03. The van der Waals surface area contributed by atoms with Gasteiger partial charge in [0.1, 0.15) is 11.6 Å². The van der Waals surface area contributed by atoms with Crippen molar-refractivity contribution in [1.29, 1.82) is 0 Å². The fraction of sp³-hybridized carbons (Fsp3) is 0.235. The highest BCUT2D eigenvalue weighted by atomic mass is 19.1. The summed E-state index contributed by atoms with van der Waals surface area (Å²) >= 11 is 0. The van der Waals surface area contributed by atoms with E-state index in [-0.39, 0.29) is 23.2 Å². The molecule has 4 aromatic rings. The predicted octanol–water partition coefficient (Wildman–Crippen LogP) is 6.55. The Balaban J connectivity index is 1.64. The lowest BCUT2D eigenvalue weighted by atomic mass is 9.64. The molecule has 6 rings (SSSR count). The van der Waals surface area contributed by atoms with E-state index in [2.05, 4.69) is 102 Å². The van der Waals surface area contributed by atoms with Crippen LogP contribution in [0.5, 0.6) is 0 Å². The molecule has 0 radical (unpaired) electrons. The van der Waals surface area contributed by atoms with Crippen LogP contribution in [0, 0.1) is 11.2 Å². The van der Waals surface area contributed by atoms with Gasteiger partial charge in [0.05, 0.1) is 11.5 Å². The summed E-state index contributed by atoms with van der Waals surface area (Å²) in [5.74, 6) is 1.22. The maximum atomic E-state index is 14.2. The van der Waals surface area contributed by atoms with Crippen molar-refractivity contribution in [3.8, 4) is 22.4 Å². The summed E-state index contributed by atoms with van der Waals surface area (Å²) in [4.78, 5) is 0. The van der Waals surface area contributed by atoms with Crippen molar-refractivity contribution in [3.05, 3.63) is 127 Å². The Morgan fingerprint density at radius 2 is 1.72 bits per heavy atom. The van der Waals surface area contributed by atoms with Crippen LogP contribution in [0.1, 0.15) is 44.0 Å². The number of hydrogen-bond donors (Lipinski definition) is 1. The molecule has 2 aliphatic rings. The van der Waals surface area contributed by atoms with E-state index in [1.165, 1.54) is 22.9 Å². The Morgan fingerprint density at radius 3 is 2.51 bits per heavy atom. The number of halogens is 1. The van der Waals surface area contributed by atoms with Crippen LogP contribution < -0.4 is 14.5 Å².